The number of hydrogen-bond donors (Lipinski definition) is 1. The molecule has 0 bridgehead atoms. The van der Waals surface area contributed by atoms with Crippen molar-refractivity contribution in [3.05, 3.63) is 60.2 Å². The van der Waals surface area contributed by atoms with Crippen LogP contribution in [0.4, 0.5) is 0 Å². The highest BCUT2D eigenvalue weighted by atomic mass is 16.5. The minimum atomic E-state index is -0.642. The summed E-state index contributed by atoms with van der Waals surface area (Å²) >= 11 is 0. The number of aliphatic hydroxyl groups is 1. The summed E-state index contributed by atoms with van der Waals surface area (Å²) in [4.78, 5) is 0. The first-order valence-electron chi connectivity index (χ1n) is 6.77. The maximum atomic E-state index is 10.1. The van der Waals surface area contributed by atoms with Crippen LogP contribution < -0.4 is 4.74 Å². The van der Waals surface area contributed by atoms with E-state index in [9.17, 15) is 5.11 Å². The maximum Gasteiger partial charge on any atom is 0.127 e. The number of para-hydroxylation sites is 1. The molecule has 0 amide bonds. The van der Waals surface area contributed by atoms with E-state index >= 15 is 0 Å². The van der Waals surface area contributed by atoms with Gasteiger partial charge in [0.15, 0.2) is 0 Å². The van der Waals surface area contributed by atoms with Crippen molar-refractivity contribution in [3.63, 3.8) is 0 Å². The molecule has 0 aromatic heterocycles. The standard InChI is InChI=1S/C17H20O3/c1-13(2)19-12-17(18)14-7-6-10-16(11-14)20-15-8-4-3-5-9-15/h3-11,13,17-18H,12H2,1-2H3. The first kappa shape index (κ1) is 14.6. The van der Waals surface area contributed by atoms with Crippen LogP contribution in [0.25, 0.3) is 0 Å². The molecule has 2 aromatic carbocycles. The van der Waals surface area contributed by atoms with Crippen molar-refractivity contribution in [2.24, 2.45) is 0 Å². The molecule has 0 aliphatic carbocycles. The van der Waals surface area contributed by atoms with Gasteiger partial charge in [0, 0.05) is 0 Å². The summed E-state index contributed by atoms with van der Waals surface area (Å²) in [6.45, 7) is 4.18. The van der Waals surface area contributed by atoms with Gasteiger partial charge >= 0.3 is 0 Å². The van der Waals surface area contributed by atoms with Gasteiger partial charge in [0.05, 0.1) is 12.7 Å². The largest absolute Gasteiger partial charge is 0.457 e. The van der Waals surface area contributed by atoms with E-state index in [0.717, 1.165) is 11.3 Å². The fourth-order valence-corrected chi connectivity index (χ4v) is 1.79. The second-order valence-corrected chi connectivity index (χ2v) is 4.89. The van der Waals surface area contributed by atoms with Gasteiger partial charge in [-0.15, -0.1) is 0 Å². The van der Waals surface area contributed by atoms with Crippen LogP contribution in [0.15, 0.2) is 54.6 Å². The van der Waals surface area contributed by atoms with Gasteiger partial charge in [0.1, 0.15) is 17.6 Å². The Labute approximate surface area is 119 Å². The second-order valence-electron chi connectivity index (χ2n) is 4.89. The van der Waals surface area contributed by atoms with Crippen LogP contribution in [0.5, 0.6) is 11.5 Å². The van der Waals surface area contributed by atoms with Crippen LogP contribution in [0.2, 0.25) is 0 Å². The summed E-state index contributed by atoms with van der Waals surface area (Å²) in [7, 11) is 0. The lowest BCUT2D eigenvalue weighted by Gasteiger charge is -2.15. The van der Waals surface area contributed by atoms with Crippen molar-refractivity contribution in [1.82, 2.24) is 0 Å². The number of benzene rings is 2. The van der Waals surface area contributed by atoms with Gasteiger partial charge in [-0.25, -0.2) is 0 Å². The smallest absolute Gasteiger partial charge is 0.127 e. The molecule has 0 aliphatic rings. The minimum absolute atomic E-state index is 0.105. The van der Waals surface area contributed by atoms with Crippen molar-refractivity contribution < 1.29 is 14.6 Å². The van der Waals surface area contributed by atoms with E-state index in [4.69, 9.17) is 9.47 Å². The van der Waals surface area contributed by atoms with Gasteiger partial charge in [-0.1, -0.05) is 30.3 Å². The summed E-state index contributed by atoms with van der Waals surface area (Å²) < 4.78 is 11.2. The number of rotatable bonds is 6. The third-order valence-corrected chi connectivity index (χ3v) is 2.81. The Morgan fingerprint density at radius 3 is 2.35 bits per heavy atom. The minimum Gasteiger partial charge on any atom is -0.457 e. The molecule has 3 nitrogen and oxygen atoms in total. The van der Waals surface area contributed by atoms with Crippen molar-refractivity contribution in [1.29, 1.82) is 0 Å². The molecule has 1 N–H and O–H groups in total. The zero-order valence-corrected chi connectivity index (χ0v) is 11.8. The molecule has 2 rings (SSSR count). The Morgan fingerprint density at radius 2 is 1.65 bits per heavy atom. The highest BCUT2D eigenvalue weighted by Gasteiger charge is 2.10. The highest BCUT2D eigenvalue weighted by Crippen LogP contribution is 2.24. The van der Waals surface area contributed by atoms with Crippen molar-refractivity contribution in [2.45, 2.75) is 26.1 Å². The zero-order valence-electron chi connectivity index (χ0n) is 11.8. The topological polar surface area (TPSA) is 38.7 Å². The molecule has 1 atom stereocenters. The quantitative estimate of drug-likeness (QED) is 0.865. The van der Waals surface area contributed by atoms with Crippen LogP contribution in [0.3, 0.4) is 0 Å². The fraction of sp³-hybridized carbons (Fsp3) is 0.294. The van der Waals surface area contributed by atoms with Crippen LogP contribution in [0.1, 0.15) is 25.5 Å². The molecule has 1 unspecified atom stereocenters. The lowest BCUT2D eigenvalue weighted by Crippen LogP contribution is -2.11. The van der Waals surface area contributed by atoms with E-state index in [1.54, 1.807) is 0 Å². The summed E-state index contributed by atoms with van der Waals surface area (Å²) in [6.07, 6.45) is -0.537. The van der Waals surface area contributed by atoms with Crippen LogP contribution in [-0.4, -0.2) is 17.8 Å². The summed E-state index contributed by atoms with van der Waals surface area (Å²) in [5.74, 6) is 1.48. The first-order chi connectivity index (χ1) is 9.65. The highest BCUT2D eigenvalue weighted by molar-refractivity contribution is 5.34. The van der Waals surface area contributed by atoms with Crippen molar-refractivity contribution in [2.75, 3.05) is 6.61 Å². The molecule has 0 fully saturated rings. The van der Waals surface area contributed by atoms with E-state index < -0.39 is 6.10 Å². The molecule has 20 heavy (non-hydrogen) atoms. The average molecular weight is 272 g/mol. The number of hydrogen-bond acceptors (Lipinski definition) is 3. The zero-order chi connectivity index (χ0) is 14.4. The predicted molar refractivity (Wildman–Crippen MR) is 79.0 cm³/mol. The lowest BCUT2D eigenvalue weighted by molar-refractivity contribution is 0.00488. The maximum absolute atomic E-state index is 10.1. The molecule has 0 aliphatic heterocycles. The van der Waals surface area contributed by atoms with Crippen molar-refractivity contribution >= 4 is 0 Å². The monoisotopic (exact) mass is 272 g/mol. The normalized spacial score (nSPS) is 12.4. The molecule has 3 heteroatoms. The summed E-state index contributed by atoms with van der Waals surface area (Å²) in [5, 5.41) is 10.1. The van der Waals surface area contributed by atoms with Gasteiger partial charge in [0.25, 0.3) is 0 Å². The SMILES string of the molecule is CC(C)OCC(O)c1cccc(Oc2ccccc2)c1. The number of aliphatic hydroxyl groups excluding tert-OH is 1. The predicted octanol–water partition coefficient (Wildman–Crippen LogP) is 3.94. The third kappa shape index (κ3) is 4.37. The Hall–Kier alpha value is -1.84. The molecule has 2 aromatic rings. The average Bonchev–Trinajstić information content (AvgIpc) is 2.46. The molecule has 0 heterocycles. The van der Waals surface area contributed by atoms with Gasteiger partial charge in [-0.05, 0) is 43.7 Å². The van der Waals surface area contributed by atoms with Gasteiger partial charge < -0.3 is 14.6 Å². The van der Waals surface area contributed by atoms with Crippen LogP contribution in [0, 0.1) is 0 Å². The Balaban J connectivity index is 2.04. The van der Waals surface area contributed by atoms with E-state index in [2.05, 4.69) is 0 Å². The van der Waals surface area contributed by atoms with Gasteiger partial charge in [-0.3, -0.25) is 0 Å². The molecular formula is C17H20O3. The van der Waals surface area contributed by atoms with Gasteiger partial charge in [0.2, 0.25) is 0 Å². The molecule has 0 spiro atoms. The number of ether oxygens (including phenoxy) is 2. The first-order valence-corrected chi connectivity index (χ1v) is 6.77. The van der Waals surface area contributed by atoms with Crippen LogP contribution >= 0.6 is 0 Å². The van der Waals surface area contributed by atoms with E-state index in [1.165, 1.54) is 0 Å². The van der Waals surface area contributed by atoms with E-state index in [-0.39, 0.29) is 12.7 Å². The van der Waals surface area contributed by atoms with E-state index in [1.807, 2.05) is 68.4 Å². The van der Waals surface area contributed by atoms with Crippen molar-refractivity contribution in [3.8, 4) is 11.5 Å². The van der Waals surface area contributed by atoms with Gasteiger partial charge in [-0.2, -0.15) is 0 Å². The second kappa shape index (κ2) is 7.08. The fourth-order valence-electron chi connectivity index (χ4n) is 1.79. The van der Waals surface area contributed by atoms with Crippen LogP contribution in [-0.2, 0) is 4.74 Å². The summed E-state index contributed by atoms with van der Waals surface area (Å²) in [6, 6.07) is 17.0. The Morgan fingerprint density at radius 1 is 0.950 bits per heavy atom. The Bertz CT molecular complexity index is 523. The third-order valence-electron chi connectivity index (χ3n) is 2.81. The van der Waals surface area contributed by atoms with E-state index in [0.29, 0.717) is 5.75 Å². The summed E-state index contributed by atoms with van der Waals surface area (Å²) in [5.41, 5.74) is 0.791. The Kier molecular flexibility index (Phi) is 5.16. The molecule has 0 saturated carbocycles. The molecule has 106 valence electrons. The molecule has 0 radical (unpaired) electrons. The molecular weight excluding hydrogens is 252 g/mol. The lowest BCUT2D eigenvalue weighted by atomic mass is 10.1. The molecule has 0 saturated heterocycles.